The molecule has 7 aromatic carbocycles. The molecule has 11 rings (SSSR count). The summed E-state index contributed by atoms with van der Waals surface area (Å²) in [5.74, 6) is 0.631. The smallest absolute Gasteiger partial charge is 0.235 e. The molecular formula is C45H25N5S. The van der Waals surface area contributed by atoms with Crippen molar-refractivity contribution in [3.63, 3.8) is 0 Å². The fourth-order valence-corrected chi connectivity index (χ4v) is 9.03. The summed E-state index contributed by atoms with van der Waals surface area (Å²) in [4.78, 5) is 12.6. The molecule has 5 nitrogen and oxygen atoms in total. The van der Waals surface area contributed by atoms with Gasteiger partial charge >= 0.3 is 0 Å². The van der Waals surface area contributed by atoms with Gasteiger partial charge in [0.15, 0.2) is 0 Å². The molecule has 0 amide bonds. The summed E-state index contributed by atoms with van der Waals surface area (Å²) in [7, 11) is 0. The number of rotatable bonds is 3. The number of benzene rings is 7. The average molecular weight is 668 g/mol. The van der Waals surface area contributed by atoms with Gasteiger partial charge in [-0.1, -0.05) is 90.6 Å². The van der Waals surface area contributed by atoms with Crippen LogP contribution in [0.2, 0.25) is 0 Å². The van der Waals surface area contributed by atoms with Gasteiger partial charge < -0.3 is 4.57 Å². The SMILES string of the molecule is N#Cc1ccc2c(c1)Sc1cccc3nc(-n4c5ccccc5c5cc(-c6ccc7c(c6)c6ccccc6n7-c6ccccc6)ccc54)nc-2c13. The number of para-hydroxylation sites is 3. The van der Waals surface area contributed by atoms with Crippen LogP contribution in [-0.2, 0) is 0 Å². The van der Waals surface area contributed by atoms with Crippen molar-refractivity contribution < 1.29 is 0 Å². The summed E-state index contributed by atoms with van der Waals surface area (Å²) >= 11 is 1.67. The summed E-state index contributed by atoms with van der Waals surface area (Å²) in [5.41, 5.74) is 11.4. The molecule has 0 saturated heterocycles. The Balaban J connectivity index is 1.12. The number of hydrogen-bond donors (Lipinski definition) is 0. The lowest BCUT2D eigenvalue weighted by atomic mass is 10.0. The quantitative estimate of drug-likeness (QED) is 0.188. The van der Waals surface area contributed by atoms with E-state index in [-0.39, 0.29) is 0 Å². The summed E-state index contributed by atoms with van der Waals surface area (Å²) < 4.78 is 4.55. The number of aromatic nitrogens is 4. The molecule has 0 radical (unpaired) electrons. The zero-order chi connectivity index (χ0) is 33.6. The molecule has 0 bridgehead atoms. The van der Waals surface area contributed by atoms with E-state index in [1.807, 2.05) is 18.2 Å². The van der Waals surface area contributed by atoms with Gasteiger partial charge in [0.25, 0.3) is 0 Å². The fraction of sp³-hybridized carbons (Fsp3) is 0. The van der Waals surface area contributed by atoms with Crippen LogP contribution >= 0.6 is 11.8 Å². The van der Waals surface area contributed by atoms with E-state index in [2.05, 4.69) is 149 Å². The molecule has 6 heteroatoms. The maximum absolute atomic E-state index is 9.59. The van der Waals surface area contributed by atoms with Crippen LogP contribution in [0.25, 0.3) is 88.5 Å². The Morgan fingerprint density at radius 3 is 1.88 bits per heavy atom. The second-order valence-corrected chi connectivity index (χ2v) is 14.0. The van der Waals surface area contributed by atoms with Gasteiger partial charge in [0.2, 0.25) is 5.95 Å². The van der Waals surface area contributed by atoms with E-state index < -0.39 is 0 Å². The Labute approximate surface area is 296 Å². The molecule has 1 aliphatic heterocycles. The first-order valence-electron chi connectivity index (χ1n) is 16.9. The molecule has 51 heavy (non-hydrogen) atoms. The minimum absolute atomic E-state index is 0.631. The van der Waals surface area contributed by atoms with Gasteiger partial charge in [0, 0.05) is 48.0 Å². The van der Waals surface area contributed by atoms with Gasteiger partial charge in [-0.3, -0.25) is 4.57 Å². The molecule has 0 unspecified atom stereocenters. The third-order valence-electron chi connectivity index (χ3n) is 10.2. The minimum Gasteiger partial charge on any atom is -0.309 e. The summed E-state index contributed by atoms with van der Waals surface area (Å²) in [6, 6.07) is 55.7. The van der Waals surface area contributed by atoms with Crippen molar-refractivity contribution in [1.29, 1.82) is 5.26 Å². The Hall–Kier alpha value is -6.68. The van der Waals surface area contributed by atoms with Crippen molar-refractivity contribution in [2.45, 2.75) is 9.79 Å². The molecule has 236 valence electrons. The lowest BCUT2D eigenvalue weighted by molar-refractivity contribution is 1.01. The van der Waals surface area contributed by atoms with Crippen LogP contribution in [0, 0.1) is 11.3 Å². The highest BCUT2D eigenvalue weighted by molar-refractivity contribution is 7.99. The van der Waals surface area contributed by atoms with E-state index in [9.17, 15) is 5.26 Å². The first-order valence-corrected chi connectivity index (χ1v) is 17.7. The first-order chi connectivity index (χ1) is 25.2. The fourth-order valence-electron chi connectivity index (χ4n) is 7.89. The van der Waals surface area contributed by atoms with E-state index in [0.717, 1.165) is 65.0 Å². The third-order valence-corrected chi connectivity index (χ3v) is 11.3. The second kappa shape index (κ2) is 10.7. The number of nitrogens with zero attached hydrogens (tertiary/aromatic N) is 5. The van der Waals surface area contributed by atoms with Crippen LogP contribution in [0.3, 0.4) is 0 Å². The molecule has 3 aromatic heterocycles. The van der Waals surface area contributed by atoms with Crippen LogP contribution in [0.15, 0.2) is 161 Å². The summed E-state index contributed by atoms with van der Waals surface area (Å²) in [5, 5.41) is 15.4. The van der Waals surface area contributed by atoms with Gasteiger partial charge in [-0.05, 0) is 83.9 Å². The van der Waals surface area contributed by atoms with Gasteiger partial charge in [0.05, 0.1) is 44.9 Å². The van der Waals surface area contributed by atoms with Crippen molar-refractivity contribution >= 4 is 66.3 Å². The van der Waals surface area contributed by atoms with Crippen molar-refractivity contribution in [3.05, 3.63) is 157 Å². The van der Waals surface area contributed by atoms with Crippen molar-refractivity contribution in [3.8, 4) is 40.1 Å². The third kappa shape index (κ3) is 4.10. The highest BCUT2D eigenvalue weighted by atomic mass is 32.2. The van der Waals surface area contributed by atoms with Gasteiger partial charge in [-0.2, -0.15) is 5.26 Å². The highest BCUT2D eigenvalue weighted by Crippen LogP contribution is 2.47. The summed E-state index contributed by atoms with van der Waals surface area (Å²) in [6.07, 6.45) is 0. The van der Waals surface area contributed by atoms with Crippen molar-refractivity contribution in [2.75, 3.05) is 0 Å². The maximum atomic E-state index is 9.59. The highest BCUT2D eigenvalue weighted by Gasteiger charge is 2.24. The molecular weight excluding hydrogens is 643 g/mol. The van der Waals surface area contributed by atoms with Crippen LogP contribution < -0.4 is 0 Å². The Bertz CT molecular complexity index is 3130. The molecule has 0 fully saturated rings. The average Bonchev–Trinajstić information content (AvgIpc) is 3.70. The molecule has 4 heterocycles. The topological polar surface area (TPSA) is 59.4 Å². The largest absolute Gasteiger partial charge is 0.309 e. The Morgan fingerprint density at radius 1 is 0.510 bits per heavy atom. The Morgan fingerprint density at radius 2 is 1.16 bits per heavy atom. The molecule has 10 aromatic rings. The number of nitriles is 1. The van der Waals surface area contributed by atoms with Crippen LogP contribution in [-0.4, -0.2) is 19.1 Å². The zero-order valence-corrected chi connectivity index (χ0v) is 27.9. The Kier molecular flexibility index (Phi) is 5.89. The summed E-state index contributed by atoms with van der Waals surface area (Å²) in [6.45, 7) is 0. The molecule has 1 aliphatic rings. The normalized spacial score (nSPS) is 12.2. The van der Waals surface area contributed by atoms with E-state index in [4.69, 9.17) is 9.97 Å². The minimum atomic E-state index is 0.631. The standard InChI is InChI=1S/C45H25N5S/c46-26-27-17-20-33-42(23-27)51-41-16-8-13-36-43(41)44(33)48-45(47-36)50-38-15-7-5-12-32(38)35-25-29(19-22-40(35)50)28-18-21-39-34(24-28)31-11-4-6-14-37(31)49(39)30-9-2-1-3-10-30/h1-25H. The van der Waals surface area contributed by atoms with E-state index in [0.29, 0.717) is 11.5 Å². The van der Waals surface area contributed by atoms with Crippen LogP contribution in [0.1, 0.15) is 5.56 Å². The van der Waals surface area contributed by atoms with Gasteiger partial charge in [-0.15, -0.1) is 0 Å². The van der Waals surface area contributed by atoms with Crippen LogP contribution in [0.4, 0.5) is 0 Å². The van der Waals surface area contributed by atoms with E-state index >= 15 is 0 Å². The monoisotopic (exact) mass is 667 g/mol. The second-order valence-electron chi connectivity index (χ2n) is 13.0. The molecule has 0 spiro atoms. The lowest BCUT2D eigenvalue weighted by Gasteiger charge is -2.20. The number of hydrogen-bond acceptors (Lipinski definition) is 4. The van der Waals surface area contributed by atoms with Crippen molar-refractivity contribution in [1.82, 2.24) is 19.1 Å². The first kappa shape index (κ1) is 28.2. The number of fused-ring (bicyclic) bond motifs is 8. The van der Waals surface area contributed by atoms with Gasteiger partial charge in [-0.25, -0.2) is 9.97 Å². The van der Waals surface area contributed by atoms with E-state index in [1.165, 1.54) is 27.4 Å². The predicted octanol–water partition coefficient (Wildman–Crippen LogP) is 11.5. The predicted molar refractivity (Wildman–Crippen MR) is 208 cm³/mol. The zero-order valence-electron chi connectivity index (χ0n) is 27.1. The van der Waals surface area contributed by atoms with E-state index in [1.54, 1.807) is 11.8 Å². The van der Waals surface area contributed by atoms with Crippen LogP contribution in [0.5, 0.6) is 0 Å². The molecule has 0 atom stereocenters. The molecule has 0 N–H and O–H groups in total. The van der Waals surface area contributed by atoms with Gasteiger partial charge in [0.1, 0.15) is 0 Å². The lowest BCUT2D eigenvalue weighted by Crippen LogP contribution is -2.05. The van der Waals surface area contributed by atoms with Crippen molar-refractivity contribution in [2.24, 2.45) is 0 Å². The molecule has 0 saturated carbocycles. The maximum Gasteiger partial charge on any atom is 0.235 e. The molecule has 0 aliphatic carbocycles.